The standard InChI is InChI=1S/C16H24O6.C12H16O3.C11H14O3.3CH2O/c1-16(2,22-10-8-18)15(19)13-3-5-14(6-4-13)21-12-11-20-9-7-17;1-12(2,15)11(14)10-5-3-9(4-6-10)7-8-13;1-11(2,14)10(13)9-5-3-8(7-12)4-6-9;3*1-2/h3-6,17-18H,7-12H2,1-2H3;3-6,13,15H,7-8H2,1-2H3;3-6,12,14H,7H2,1-2H3;3*1H2. The van der Waals surface area contributed by atoms with Gasteiger partial charge in [0.1, 0.15) is 49.5 Å². The molecule has 0 aliphatic rings. The smallest absolute Gasteiger partial charge is 0.194 e. The molecular weight excluding hydrogens is 744 g/mol. The molecule has 6 N–H and O–H groups in total. The van der Waals surface area contributed by atoms with E-state index in [-0.39, 0.29) is 50.4 Å². The Morgan fingerprint density at radius 1 is 0.509 bits per heavy atom. The van der Waals surface area contributed by atoms with E-state index >= 15 is 0 Å². The summed E-state index contributed by atoms with van der Waals surface area (Å²) in [7, 11) is 0. The van der Waals surface area contributed by atoms with Crippen molar-refractivity contribution in [1.82, 2.24) is 0 Å². The zero-order chi connectivity index (χ0) is 44.7. The van der Waals surface area contributed by atoms with Crippen LogP contribution in [0.25, 0.3) is 0 Å². The minimum absolute atomic E-state index is 0.00898. The van der Waals surface area contributed by atoms with Crippen molar-refractivity contribution in [3.63, 3.8) is 0 Å². The number of carbonyl (C=O) groups excluding carboxylic acids is 6. The fraction of sp³-hybridized carbons (Fsp3) is 0.429. The summed E-state index contributed by atoms with van der Waals surface area (Å²) < 4.78 is 15.9. The number of carbonyl (C=O) groups is 6. The average Bonchev–Trinajstić information content (AvgIpc) is 3.22. The van der Waals surface area contributed by atoms with Gasteiger partial charge in [0.15, 0.2) is 17.3 Å². The largest absolute Gasteiger partial charge is 0.491 e. The highest BCUT2D eigenvalue weighted by atomic mass is 16.5. The second-order valence-corrected chi connectivity index (χ2v) is 12.9. The molecule has 0 spiro atoms. The van der Waals surface area contributed by atoms with E-state index in [4.69, 9.17) is 49.0 Å². The second kappa shape index (κ2) is 31.3. The van der Waals surface area contributed by atoms with Gasteiger partial charge in [0.25, 0.3) is 0 Å². The number of ether oxygens (including phenoxy) is 3. The van der Waals surface area contributed by atoms with Crippen molar-refractivity contribution in [2.45, 2.75) is 71.4 Å². The molecule has 0 saturated heterocycles. The van der Waals surface area contributed by atoms with Gasteiger partial charge in [0.2, 0.25) is 0 Å². The van der Waals surface area contributed by atoms with E-state index in [1.807, 2.05) is 20.4 Å². The first kappa shape index (κ1) is 56.5. The highest BCUT2D eigenvalue weighted by Gasteiger charge is 2.29. The van der Waals surface area contributed by atoms with Gasteiger partial charge in [-0.1, -0.05) is 48.5 Å². The Balaban J connectivity index is -0.000000738. The molecule has 0 bridgehead atoms. The van der Waals surface area contributed by atoms with Crippen molar-refractivity contribution in [3.8, 4) is 5.75 Å². The minimum atomic E-state index is -1.35. The van der Waals surface area contributed by atoms with E-state index in [1.165, 1.54) is 27.7 Å². The van der Waals surface area contributed by atoms with Gasteiger partial charge in [-0.3, -0.25) is 14.4 Å². The number of Topliss-reactive ketones (excluding diaryl/α,β-unsaturated/α-hetero) is 3. The van der Waals surface area contributed by atoms with Crippen LogP contribution in [-0.2, 0) is 36.9 Å². The number of benzene rings is 3. The first-order chi connectivity index (χ1) is 26.9. The van der Waals surface area contributed by atoms with Crippen molar-refractivity contribution in [2.24, 2.45) is 0 Å². The molecule has 0 fully saturated rings. The Morgan fingerprint density at radius 3 is 1.26 bits per heavy atom. The Hall–Kier alpha value is -4.84. The molecule has 0 aliphatic carbocycles. The fourth-order valence-electron chi connectivity index (χ4n) is 4.22. The van der Waals surface area contributed by atoms with E-state index in [0.29, 0.717) is 48.7 Å². The Kier molecular flexibility index (Phi) is 31.0. The Morgan fingerprint density at radius 2 is 0.895 bits per heavy atom. The summed E-state index contributed by atoms with van der Waals surface area (Å²) in [6, 6.07) is 20.2. The molecule has 3 rings (SSSR count). The van der Waals surface area contributed by atoms with Gasteiger partial charge in [-0.25, -0.2) is 0 Å². The van der Waals surface area contributed by atoms with E-state index < -0.39 is 16.8 Å². The summed E-state index contributed by atoms with van der Waals surface area (Å²) in [6.45, 7) is 16.3. The van der Waals surface area contributed by atoms with Crippen LogP contribution >= 0.6 is 0 Å². The molecule has 15 nitrogen and oxygen atoms in total. The third kappa shape index (κ3) is 23.7. The molecule has 0 heterocycles. The van der Waals surface area contributed by atoms with E-state index in [9.17, 15) is 24.6 Å². The lowest BCUT2D eigenvalue weighted by atomic mass is 9.96. The van der Waals surface area contributed by atoms with Gasteiger partial charge in [-0.2, -0.15) is 0 Å². The quantitative estimate of drug-likeness (QED) is 0.0799. The zero-order valence-corrected chi connectivity index (χ0v) is 33.8. The molecular formula is C42H60O15. The number of aliphatic hydroxyl groups excluding tert-OH is 4. The highest BCUT2D eigenvalue weighted by molar-refractivity contribution is 6.02. The number of aliphatic hydroxyl groups is 6. The van der Waals surface area contributed by atoms with Crippen molar-refractivity contribution in [3.05, 3.63) is 101 Å². The predicted molar refractivity (Wildman–Crippen MR) is 214 cm³/mol. The summed E-state index contributed by atoms with van der Waals surface area (Å²) >= 11 is 0. The van der Waals surface area contributed by atoms with Gasteiger partial charge >= 0.3 is 0 Å². The highest BCUT2D eigenvalue weighted by Crippen LogP contribution is 2.20. The summed E-state index contributed by atoms with van der Waals surface area (Å²) in [5, 5.41) is 53.8. The number of rotatable bonds is 18. The summed E-state index contributed by atoms with van der Waals surface area (Å²) in [6.07, 6.45) is 0.580. The number of hydrogen-bond acceptors (Lipinski definition) is 15. The third-order valence-corrected chi connectivity index (χ3v) is 7.08. The molecule has 0 amide bonds. The summed E-state index contributed by atoms with van der Waals surface area (Å²) in [4.78, 5) is 59.5. The molecule has 0 radical (unpaired) electrons. The fourth-order valence-corrected chi connectivity index (χ4v) is 4.22. The number of hydrogen-bond donors (Lipinski definition) is 6. The van der Waals surface area contributed by atoms with E-state index in [0.717, 1.165) is 11.1 Å². The SMILES string of the molecule is C=O.C=O.C=O.CC(C)(O)C(=O)c1ccc(CCO)cc1.CC(C)(O)C(=O)c1ccc(CO)cc1.CC(C)(OCCO)C(=O)c1ccc(OCCOCCO)cc1. The average molecular weight is 805 g/mol. The van der Waals surface area contributed by atoms with Crippen LogP contribution in [0.4, 0.5) is 0 Å². The van der Waals surface area contributed by atoms with Crippen molar-refractivity contribution < 1.29 is 73.6 Å². The van der Waals surface area contributed by atoms with Crippen LogP contribution in [0.1, 0.15) is 83.7 Å². The topological polar surface area (TPSA) is 251 Å². The molecule has 318 valence electrons. The monoisotopic (exact) mass is 804 g/mol. The second-order valence-electron chi connectivity index (χ2n) is 12.9. The molecule has 0 atom stereocenters. The molecule has 0 aliphatic heterocycles. The normalized spacial score (nSPS) is 10.5. The lowest BCUT2D eigenvalue weighted by Gasteiger charge is -2.23. The number of ketones is 3. The zero-order valence-electron chi connectivity index (χ0n) is 33.8. The summed E-state index contributed by atoms with van der Waals surface area (Å²) in [5.74, 6) is -0.128. The van der Waals surface area contributed by atoms with Crippen LogP contribution in [0.15, 0.2) is 72.8 Å². The maximum Gasteiger partial charge on any atom is 0.194 e. The third-order valence-electron chi connectivity index (χ3n) is 7.08. The lowest BCUT2D eigenvalue weighted by Crippen LogP contribution is -2.36. The molecule has 3 aromatic rings. The first-order valence-corrected chi connectivity index (χ1v) is 17.4. The Labute approximate surface area is 334 Å². The van der Waals surface area contributed by atoms with Crippen molar-refractivity contribution >= 4 is 37.7 Å². The lowest BCUT2D eigenvalue weighted by molar-refractivity contribution is -0.0987. The van der Waals surface area contributed by atoms with Crippen LogP contribution in [0.5, 0.6) is 5.75 Å². The molecule has 0 aromatic heterocycles. The molecule has 15 heteroatoms. The van der Waals surface area contributed by atoms with Crippen LogP contribution in [0, 0.1) is 0 Å². The van der Waals surface area contributed by atoms with E-state index in [2.05, 4.69) is 0 Å². The van der Waals surface area contributed by atoms with Gasteiger partial charge in [-0.05, 0) is 83.4 Å². The van der Waals surface area contributed by atoms with Gasteiger partial charge in [0, 0.05) is 23.3 Å². The Bertz CT molecular complexity index is 1500. The van der Waals surface area contributed by atoms with Crippen LogP contribution in [0.2, 0.25) is 0 Å². The molecule has 0 unspecified atom stereocenters. The predicted octanol–water partition coefficient (Wildman–Crippen LogP) is 2.80. The van der Waals surface area contributed by atoms with E-state index in [1.54, 1.807) is 86.6 Å². The summed E-state index contributed by atoms with van der Waals surface area (Å²) in [5.41, 5.74) is -0.476. The van der Waals surface area contributed by atoms with Crippen molar-refractivity contribution in [1.29, 1.82) is 0 Å². The van der Waals surface area contributed by atoms with Crippen LogP contribution in [0.3, 0.4) is 0 Å². The van der Waals surface area contributed by atoms with Crippen LogP contribution < -0.4 is 4.74 Å². The minimum Gasteiger partial charge on any atom is -0.491 e. The first-order valence-electron chi connectivity index (χ1n) is 17.4. The maximum atomic E-state index is 12.3. The molecule has 3 aromatic carbocycles. The molecule has 0 saturated carbocycles. The van der Waals surface area contributed by atoms with Gasteiger partial charge in [-0.15, -0.1) is 0 Å². The van der Waals surface area contributed by atoms with Crippen LogP contribution in [-0.4, -0.2) is 131 Å². The van der Waals surface area contributed by atoms with Gasteiger partial charge in [0.05, 0.1) is 39.6 Å². The van der Waals surface area contributed by atoms with Gasteiger partial charge < -0.3 is 59.2 Å². The maximum absolute atomic E-state index is 12.3. The molecule has 57 heavy (non-hydrogen) atoms. The van der Waals surface area contributed by atoms with Crippen molar-refractivity contribution in [2.75, 3.05) is 46.2 Å².